The number of hydrogen-bond acceptors (Lipinski definition) is 2. The minimum absolute atomic E-state index is 0.393. The standard InChI is InChI=1S/C9H20N2/c1-3-8(10)4-7-11-9(2)5-6-9/h8,11H,3-7,10H2,1-2H3. The van der Waals surface area contributed by atoms with Gasteiger partial charge in [0.2, 0.25) is 0 Å². The van der Waals surface area contributed by atoms with Crippen molar-refractivity contribution in [2.45, 2.75) is 51.1 Å². The van der Waals surface area contributed by atoms with Gasteiger partial charge in [-0.05, 0) is 39.2 Å². The summed E-state index contributed by atoms with van der Waals surface area (Å²) < 4.78 is 0. The third kappa shape index (κ3) is 3.21. The Hall–Kier alpha value is -0.0800. The van der Waals surface area contributed by atoms with Crippen molar-refractivity contribution in [1.29, 1.82) is 0 Å². The fourth-order valence-electron chi connectivity index (χ4n) is 1.13. The summed E-state index contributed by atoms with van der Waals surface area (Å²) in [5.41, 5.74) is 6.26. The van der Waals surface area contributed by atoms with Gasteiger partial charge < -0.3 is 11.1 Å². The predicted molar refractivity (Wildman–Crippen MR) is 48.5 cm³/mol. The second-order valence-corrected chi connectivity index (χ2v) is 3.94. The molecule has 0 aromatic carbocycles. The van der Waals surface area contributed by atoms with E-state index in [1.54, 1.807) is 0 Å². The van der Waals surface area contributed by atoms with Gasteiger partial charge >= 0.3 is 0 Å². The van der Waals surface area contributed by atoms with E-state index in [4.69, 9.17) is 5.73 Å². The maximum atomic E-state index is 5.78. The molecule has 66 valence electrons. The molecule has 1 fully saturated rings. The van der Waals surface area contributed by atoms with Crippen LogP contribution in [0.5, 0.6) is 0 Å². The quantitative estimate of drug-likeness (QED) is 0.629. The van der Waals surface area contributed by atoms with Crippen LogP contribution in [0, 0.1) is 0 Å². The zero-order valence-corrected chi connectivity index (χ0v) is 7.69. The molecule has 1 aliphatic rings. The van der Waals surface area contributed by atoms with Crippen LogP contribution in [-0.2, 0) is 0 Å². The molecule has 1 atom stereocenters. The van der Waals surface area contributed by atoms with Gasteiger partial charge in [0, 0.05) is 11.6 Å². The van der Waals surface area contributed by atoms with Gasteiger partial charge in [-0.1, -0.05) is 6.92 Å². The highest BCUT2D eigenvalue weighted by Crippen LogP contribution is 2.33. The zero-order chi connectivity index (χ0) is 8.32. The summed E-state index contributed by atoms with van der Waals surface area (Å²) in [5, 5.41) is 3.52. The summed E-state index contributed by atoms with van der Waals surface area (Å²) in [6, 6.07) is 0.393. The molecule has 1 unspecified atom stereocenters. The van der Waals surface area contributed by atoms with Crippen LogP contribution >= 0.6 is 0 Å². The molecule has 0 spiro atoms. The molecule has 0 bridgehead atoms. The number of nitrogens with two attached hydrogens (primary N) is 1. The maximum Gasteiger partial charge on any atom is 0.0154 e. The number of nitrogens with one attached hydrogen (secondary N) is 1. The molecule has 0 aromatic rings. The van der Waals surface area contributed by atoms with Crippen LogP contribution in [0.4, 0.5) is 0 Å². The second kappa shape index (κ2) is 3.55. The molecule has 1 rings (SSSR count). The van der Waals surface area contributed by atoms with Crippen LogP contribution in [0.15, 0.2) is 0 Å². The average Bonchev–Trinajstić information content (AvgIpc) is 2.68. The van der Waals surface area contributed by atoms with Gasteiger partial charge in [-0.2, -0.15) is 0 Å². The van der Waals surface area contributed by atoms with E-state index in [1.165, 1.54) is 12.8 Å². The molecule has 2 heteroatoms. The fraction of sp³-hybridized carbons (Fsp3) is 1.00. The molecule has 1 saturated carbocycles. The van der Waals surface area contributed by atoms with Crippen LogP contribution in [0.25, 0.3) is 0 Å². The molecule has 0 aliphatic heterocycles. The van der Waals surface area contributed by atoms with Crippen LogP contribution in [0.2, 0.25) is 0 Å². The molecule has 1 aliphatic carbocycles. The van der Waals surface area contributed by atoms with E-state index in [-0.39, 0.29) is 0 Å². The zero-order valence-electron chi connectivity index (χ0n) is 7.69. The Morgan fingerprint density at radius 3 is 2.64 bits per heavy atom. The van der Waals surface area contributed by atoms with Crippen LogP contribution in [0.3, 0.4) is 0 Å². The highest BCUT2D eigenvalue weighted by molar-refractivity contribution is 4.97. The molecule has 2 nitrogen and oxygen atoms in total. The Morgan fingerprint density at radius 2 is 2.18 bits per heavy atom. The molecule has 3 N–H and O–H groups in total. The van der Waals surface area contributed by atoms with Crippen molar-refractivity contribution in [3.8, 4) is 0 Å². The van der Waals surface area contributed by atoms with Gasteiger partial charge in [-0.25, -0.2) is 0 Å². The highest BCUT2D eigenvalue weighted by atomic mass is 15.0. The van der Waals surface area contributed by atoms with Gasteiger partial charge in [0.15, 0.2) is 0 Å². The number of hydrogen-bond donors (Lipinski definition) is 2. The Kier molecular flexibility index (Phi) is 2.90. The van der Waals surface area contributed by atoms with Crippen molar-refractivity contribution in [2.75, 3.05) is 6.54 Å². The number of rotatable bonds is 5. The molecule has 11 heavy (non-hydrogen) atoms. The van der Waals surface area contributed by atoms with Crippen molar-refractivity contribution in [2.24, 2.45) is 5.73 Å². The molecule has 0 aromatic heterocycles. The molecule has 0 saturated heterocycles. The lowest BCUT2D eigenvalue weighted by Gasteiger charge is -2.13. The summed E-state index contributed by atoms with van der Waals surface area (Å²) in [6.45, 7) is 5.51. The third-order valence-corrected chi connectivity index (χ3v) is 2.59. The second-order valence-electron chi connectivity index (χ2n) is 3.94. The van der Waals surface area contributed by atoms with Gasteiger partial charge in [0.25, 0.3) is 0 Å². The van der Waals surface area contributed by atoms with Crippen molar-refractivity contribution >= 4 is 0 Å². The topological polar surface area (TPSA) is 38.0 Å². The Morgan fingerprint density at radius 1 is 1.55 bits per heavy atom. The van der Waals surface area contributed by atoms with Crippen molar-refractivity contribution < 1.29 is 0 Å². The summed E-state index contributed by atoms with van der Waals surface area (Å²) in [4.78, 5) is 0. The van der Waals surface area contributed by atoms with Gasteiger partial charge in [0.05, 0.1) is 0 Å². The van der Waals surface area contributed by atoms with E-state index < -0.39 is 0 Å². The van der Waals surface area contributed by atoms with Crippen molar-refractivity contribution in [3.05, 3.63) is 0 Å². The minimum atomic E-state index is 0.393. The van der Waals surface area contributed by atoms with E-state index in [0.29, 0.717) is 11.6 Å². The van der Waals surface area contributed by atoms with E-state index in [2.05, 4.69) is 19.2 Å². The van der Waals surface area contributed by atoms with Crippen LogP contribution < -0.4 is 11.1 Å². The fourth-order valence-corrected chi connectivity index (χ4v) is 1.13. The lowest BCUT2D eigenvalue weighted by molar-refractivity contribution is 0.488. The average molecular weight is 156 g/mol. The summed E-state index contributed by atoms with van der Waals surface area (Å²) in [6.07, 6.45) is 4.90. The molecule has 0 amide bonds. The highest BCUT2D eigenvalue weighted by Gasteiger charge is 2.36. The van der Waals surface area contributed by atoms with Crippen molar-refractivity contribution in [3.63, 3.8) is 0 Å². The predicted octanol–water partition coefficient (Wildman–Crippen LogP) is 1.26. The Labute approximate surface area is 69.5 Å². The minimum Gasteiger partial charge on any atom is -0.328 e. The SMILES string of the molecule is CCC(N)CCNC1(C)CC1. The van der Waals surface area contributed by atoms with E-state index in [1.807, 2.05) is 0 Å². The maximum absolute atomic E-state index is 5.78. The monoisotopic (exact) mass is 156 g/mol. The summed E-state index contributed by atoms with van der Waals surface area (Å²) >= 11 is 0. The van der Waals surface area contributed by atoms with E-state index in [9.17, 15) is 0 Å². The lowest BCUT2D eigenvalue weighted by atomic mass is 10.1. The first-order valence-electron chi connectivity index (χ1n) is 4.67. The van der Waals surface area contributed by atoms with Crippen molar-refractivity contribution in [1.82, 2.24) is 5.32 Å². The largest absolute Gasteiger partial charge is 0.328 e. The first-order valence-corrected chi connectivity index (χ1v) is 4.67. The lowest BCUT2D eigenvalue weighted by Crippen LogP contribution is -2.32. The van der Waals surface area contributed by atoms with Crippen LogP contribution in [-0.4, -0.2) is 18.1 Å². The third-order valence-electron chi connectivity index (χ3n) is 2.59. The first kappa shape index (κ1) is 9.01. The van der Waals surface area contributed by atoms with Gasteiger partial charge in [-0.3, -0.25) is 0 Å². The van der Waals surface area contributed by atoms with Gasteiger partial charge in [-0.15, -0.1) is 0 Å². The Bertz CT molecular complexity index is 119. The smallest absolute Gasteiger partial charge is 0.0154 e. The summed E-state index contributed by atoms with van der Waals surface area (Å²) in [7, 11) is 0. The summed E-state index contributed by atoms with van der Waals surface area (Å²) in [5.74, 6) is 0. The van der Waals surface area contributed by atoms with E-state index >= 15 is 0 Å². The molecule has 0 heterocycles. The van der Waals surface area contributed by atoms with Crippen LogP contribution in [0.1, 0.15) is 39.5 Å². The van der Waals surface area contributed by atoms with Gasteiger partial charge in [0.1, 0.15) is 0 Å². The first-order chi connectivity index (χ1) is 5.16. The normalized spacial score (nSPS) is 23.2. The molecular weight excluding hydrogens is 136 g/mol. The Balaban J connectivity index is 1.95. The van der Waals surface area contributed by atoms with E-state index in [0.717, 1.165) is 19.4 Å². The molecular formula is C9H20N2. The molecule has 0 radical (unpaired) electrons.